The van der Waals surface area contributed by atoms with Crippen LogP contribution in [0.15, 0.2) is 22.4 Å². The van der Waals surface area contributed by atoms with E-state index in [2.05, 4.69) is 26.9 Å². The predicted octanol–water partition coefficient (Wildman–Crippen LogP) is 2.27. The first-order chi connectivity index (χ1) is 14.2. The number of nitrogens with two attached hydrogens (primary N) is 1. The summed E-state index contributed by atoms with van der Waals surface area (Å²) in [6, 6.07) is 1.93. The Hall–Kier alpha value is -2.43. The highest BCUT2D eigenvalue weighted by Gasteiger charge is 2.46. The number of ether oxygens (including phenoxy) is 3. The Balaban J connectivity index is 1.27. The van der Waals surface area contributed by atoms with Crippen LogP contribution in [0.2, 0.25) is 0 Å². The molecule has 1 saturated heterocycles. The van der Waals surface area contributed by atoms with Crippen LogP contribution in [0.4, 0.5) is 0 Å². The van der Waals surface area contributed by atoms with Crippen molar-refractivity contribution in [3.63, 3.8) is 0 Å². The smallest absolute Gasteiger partial charge is 0.176 e. The molecule has 0 aromatic carbocycles. The van der Waals surface area contributed by atoms with Gasteiger partial charge < -0.3 is 20.1 Å². The molecule has 152 valence electrons. The van der Waals surface area contributed by atoms with Crippen molar-refractivity contribution in [3.05, 3.63) is 23.5 Å². The third-order valence-electron chi connectivity index (χ3n) is 5.63. The number of pyridine rings is 1. The van der Waals surface area contributed by atoms with Gasteiger partial charge >= 0.3 is 0 Å². The molecule has 1 spiro atoms. The van der Waals surface area contributed by atoms with Crippen LogP contribution in [0, 0.1) is 23.2 Å². The van der Waals surface area contributed by atoms with Crippen molar-refractivity contribution in [3.8, 4) is 17.6 Å². The Bertz CT molecular complexity index is 879. The average Bonchev–Trinajstić information content (AvgIpc) is 3.59. The molecule has 0 amide bonds. The lowest BCUT2D eigenvalue weighted by Crippen LogP contribution is -2.35. The number of hydrogen-bond acceptors (Lipinski definition) is 7. The molecular weight excluding hydrogens is 368 g/mol. The summed E-state index contributed by atoms with van der Waals surface area (Å²) >= 11 is 0. The normalized spacial score (nSPS) is 23.8. The lowest BCUT2D eigenvalue weighted by atomic mass is 10.1. The molecule has 2 N–H and O–H groups in total. The van der Waals surface area contributed by atoms with Crippen LogP contribution in [-0.2, 0) is 9.47 Å². The Morgan fingerprint density at radius 2 is 2.07 bits per heavy atom. The third kappa shape index (κ3) is 4.77. The number of nitrogens with zero attached hydrogens (tertiary/aromatic N) is 3. The van der Waals surface area contributed by atoms with E-state index in [1.54, 1.807) is 12.4 Å². The van der Waals surface area contributed by atoms with Gasteiger partial charge in [-0.2, -0.15) is 5.10 Å². The Kier molecular flexibility index (Phi) is 4.98. The molecule has 1 aliphatic heterocycles. The first kappa shape index (κ1) is 18.6. The molecule has 3 saturated carbocycles. The number of hydrogen-bond donors (Lipinski definition) is 1. The zero-order chi connectivity index (χ0) is 19.7. The lowest BCUT2D eigenvalue weighted by molar-refractivity contribution is -0.201. The highest BCUT2D eigenvalue weighted by Crippen LogP contribution is 2.48. The SMILES string of the molecule is N/N=C(\C=NCC1OCC2(CC2)CO1)c1ncc(C#CC2CC2)cc1OC1CC1. The van der Waals surface area contributed by atoms with Crippen LogP contribution in [0.3, 0.4) is 0 Å². The molecule has 0 unspecified atom stereocenters. The first-order valence-corrected chi connectivity index (χ1v) is 10.4. The van der Waals surface area contributed by atoms with E-state index < -0.39 is 0 Å². The monoisotopic (exact) mass is 394 g/mol. The number of aromatic nitrogens is 1. The van der Waals surface area contributed by atoms with Crippen molar-refractivity contribution in [1.29, 1.82) is 0 Å². The van der Waals surface area contributed by atoms with Gasteiger partial charge in [0.05, 0.1) is 32.1 Å². The summed E-state index contributed by atoms with van der Waals surface area (Å²) in [5.41, 5.74) is 2.19. The van der Waals surface area contributed by atoms with E-state index in [0.29, 0.717) is 29.6 Å². The van der Waals surface area contributed by atoms with Gasteiger partial charge in [0.15, 0.2) is 6.29 Å². The highest BCUT2D eigenvalue weighted by molar-refractivity contribution is 6.38. The van der Waals surface area contributed by atoms with Gasteiger partial charge in [0.1, 0.15) is 17.2 Å². The molecule has 5 rings (SSSR count). The first-order valence-electron chi connectivity index (χ1n) is 10.4. The number of rotatable bonds is 6. The maximum Gasteiger partial charge on any atom is 0.176 e. The second-order valence-corrected chi connectivity index (χ2v) is 8.49. The maximum atomic E-state index is 6.05. The molecule has 1 aromatic rings. The van der Waals surface area contributed by atoms with Crippen LogP contribution in [0.1, 0.15) is 49.8 Å². The fourth-order valence-corrected chi connectivity index (χ4v) is 3.15. The van der Waals surface area contributed by atoms with Crippen molar-refractivity contribution < 1.29 is 14.2 Å². The van der Waals surface area contributed by atoms with Crippen molar-refractivity contribution >= 4 is 11.9 Å². The van der Waals surface area contributed by atoms with Gasteiger partial charge in [-0.1, -0.05) is 11.8 Å². The molecule has 2 heterocycles. The number of hydrazone groups is 1. The van der Waals surface area contributed by atoms with Crippen LogP contribution in [-0.4, -0.2) is 49.1 Å². The molecule has 29 heavy (non-hydrogen) atoms. The van der Waals surface area contributed by atoms with Gasteiger partial charge in [0, 0.05) is 23.1 Å². The maximum absolute atomic E-state index is 6.05. The van der Waals surface area contributed by atoms with E-state index in [1.165, 1.54) is 25.7 Å². The molecule has 0 atom stereocenters. The quantitative estimate of drug-likeness (QED) is 0.346. The predicted molar refractivity (Wildman–Crippen MR) is 109 cm³/mol. The summed E-state index contributed by atoms with van der Waals surface area (Å²) in [5, 5.41) is 3.88. The lowest BCUT2D eigenvalue weighted by Gasteiger charge is -2.28. The topological polar surface area (TPSA) is 91.3 Å². The number of aliphatic imine (C=N–C) groups is 1. The van der Waals surface area contributed by atoms with Crippen LogP contribution in [0.5, 0.6) is 5.75 Å². The summed E-state index contributed by atoms with van der Waals surface area (Å²) in [4.78, 5) is 8.96. The highest BCUT2D eigenvalue weighted by atomic mass is 16.7. The second kappa shape index (κ2) is 7.77. The van der Waals surface area contributed by atoms with Gasteiger partial charge in [-0.05, 0) is 44.6 Å². The minimum absolute atomic E-state index is 0.233. The van der Waals surface area contributed by atoms with E-state index >= 15 is 0 Å². The van der Waals surface area contributed by atoms with Gasteiger partial charge in [-0.25, -0.2) is 4.98 Å². The average molecular weight is 394 g/mol. The Morgan fingerprint density at radius 1 is 1.28 bits per heavy atom. The van der Waals surface area contributed by atoms with E-state index in [1.807, 2.05) is 6.07 Å². The van der Waals surface area contributed by atoms with Gasteiger partial charge in [0.25, 0.3) is 0 Å². The minimum atomic E-state index is -0.313. The van der Waals surface area contributed by atoms with E-state index in [9.17, 15) is 0 Å². The zero-order valence-corrected chi connectivity index (χ0v) is 16.5. The van der Waals surface area contributed by atoms with Crippen LogP contribution in [0.25, 0.3) is 0 Å². The van der Waals surface area contributed by atoms with Crippen molar-refractivity contribution in [1.82, 2.24) is 4.98 Å². The fraction of sp³-hybridized carbons (Fsp3) is 0.591. The molecule has 3 aliphatic carbocycles. The zero-order valence-electron chi connectivity index (χ0n) is 16.5. The van der Waals surface area contributed by atoms with E-state index in [0.717, 1.165) is 31.6 Å². The largest absolute Gasteiger partial charge is 0.488 e. The molecule has 0 radical (unpaired) electrons. The molecule has 7 nitrogen and oxygen atoms in total. The second-order valence-electron chi connectivity index (χ2n) is 8.49. The van der Waals surface area contributed by atoms with Gasteiger partial charge in [-0.15, -0.1) is 0 Å². The van der Waals surface area contributed by atoms with Crippen LogP contribution >= 0.6 is 0 Å². The summed E-state index contributed by atoms with van der Waals surface area (Å²) < 4.78 is 17.6. The molecule has 0 bridgehead atoms. The van der Waals surface area contributed by atoms with Gasteiger partial charge in [0.2, 0.25) is 0 Å². The third-order valence-corrected chi connectivity index (χ3v) is 5.63. The molecule has 1 aromatic heterocycles. The molecular formula is C22H26N4O3. The summed E-state index contributed by atoms with van der Waals surface area (Å²) in [5.74, 6) is 13.3. The summed E-state index contributed by atoms with van der Waals surface area (Å²) in [6.07, 6.45) is 10.2. The van der Waals surface area contributed by atoms with Gasteiger partial charge in [-0.3, -0.25) is 4.99 Å². The Labute approximate surface area is 170 Å². The Morgan fingerprint density at radius 3 is 2.72 bits per heavy atom. The summed E-state index contributed by atoms with van der Waals surface area (Å²) in [7, 11) is 0. The fourth-order valence-electron chi connectivity index (χ4n) is 3.15. The standard InChI is InChI=1S/C22H26N4O3/c23-26-18(11-24-12-20-27-13-22(7-8-22)14-28-20)21-19(29-17-5-6-17)9-16(10-25-21)4-3-15-1-2-15/h9-11,15,17,20H,1-2,5-8,12-14,23H2/b24-11?,26-18+. The van der Waals surface area contributed by atoms with Crippen molar-refractivity contribution in [2.75, 3.05) is 19.8 Å². The van der Waals surface area contributed by atoms with Crippen molar-refractivity contribution in [2.45, 2.75) is 50.9 Å². The van der Waals surface area contributed by atoms with Crippen molar-refractivity contribution in [2.24, 2.45) is 27.3 Å². The summed E-state index contributed by atoms with van der Waals surface area (Å²) in [6.45, 7) is 1.92. The molecule has 7 heteroatoms. The van der Waals surface area contributed by atoms with Crippen LogP contribution < -0.4 is 10.6 Å². The molecule has 4 fully saturated rings. The van der Waals surface area contributed by atoms with E-state index in [-0.39, 0.29) is 17.8 Å². The minimum Gasteiger partial charge on any atom is -0.488 e. The van der Waals surface area contributed by atoms with E-state index in [4.69, 9.17) is 20.1 Å². The molecule has 4 aliphatic rings.